The van der Waals surface area contributed by atoms with Crippen LogP contribution in [0.15, 0.2) is 53.5 Å². The Bertz CT molecular complexity index is 527. The molecule has 2 aromatic rings. The fourth-order valence-electron chi connectivity index (χ4n) is 1.65. The molecule has 2 nitrogen and oxygen atoms in total. The summed E-state index contributed by atoms with van der Waals surface area (Å²) < 4.78 is 0. The van der Waals surface area contributed by atoms with E-state index < -0.39 is 0 Å². The molecular formula is C14H13ClN2. The van der Waals surface area contributed by atoms with E-state index in [2.05, 4.69) is 4.99 Å². The van der Waals surface area contributed by atoms with E-state index in [1.54, 1.807) is 0 Å². The lowest BCUT2D eigenvalue weighted by Crippen LogP contribution is -2.15. The topological polar surface area (TPSA) is 38.4 Å². The summed E-state index contributed by atoms with van der Waals surface area (Å²) in [5.41, 5.74) is 8.64. The number of aryl methyl sites for hydroxylation is 1. The maximum atomic E-state index is 6.13. The Balaban J connectivity index is 2.44. The van der Waals surface area contributed by atoms with E-state index >= 15 is 0 Å². The standard InChI is InChI=1S/C14H13ClN2/c1-10-6-5-9-12(15)13(10)14(16)17-11-7-3-2-4-8-11/h2-9H,1H3,(H2,16,17). The lowest BCUT2D eigenvalue weighted by Gasteiger charge is -2.07. The Morgan fingerprint density at radius 1 is 1.06 bits per heavy atom. The number of hydrogen-bond acceptors (Lipinski definition) is 1. The van der Waals surface area contributed by atoms with Gasteiger partial charge >= 0.3 is 0 Å². The van der Waals surface area contributed by atoms with Crippen molar-refractivity contribution in [1.82, 2.24) is 0 Å². The van der Waals surface area contributed by atoms with E-state index in [1.165, 1.54) is 0 Å². The first-order chi connectivity index (χ1) is 8.18. The van der Waals surface area contributed by atoms with Gasteiger partial charge < -0.3 is 5.73 Å². The molecule has 0 unspecified atom stereocenters. The minimum atomic E-state index is 0.444. The number of benzene rings is 2. The molecule has 3 heteroatoms. The number of nitrogens with zero attached hydrogens (tertiary/aromatic N) is 1. The van der Waals surface area contributed by atoms with Crippen molar-refractivity contribution in [1.29, 1.82) is 0 Å². The fraction of sp³-hybridized carbons (Fsp3) is 0.0714. The maximum Gasteiger partial charge on any atom is 0.133 e. The van der Waals surface area contributed by atoms with Gasteiger partial charge in [-0.2, -0.15) is 0 Å². The van der Waals surface area contributed by atoms with Gasteiger partial charge in [-0.25, -0.2) is 4.99 Å². The van der Waals surface area contributed by atoms with Crippen LogP contribution in [0.25, 0.3) is 0 Å². The number of rotatable bonds is 2. The van der Waals surface area contributed by atoms with Gasteiger partial charge in [-0.15, -0.1) is 0 Å². The molecule has 0 atom stereocenters. The largest absolute Gasteiger partial charge is 0.383 e. The van der Waals surface area contributed by atoms with Crippen molar-refractivity contribution in [2.75, 3.05) is 0 Å². The smallest absolute Gasteiger partial charge is 0.133 e. The van der Waals surface area contributed by atoms with Crippen molar-refractivity contribution < 1.29 is 0 Å². The van der Waals surface area contributed by atoms with Gasteiger partial charge in [0, 0.05) is 5.56 Å². The second-order valence-corrected chi connectivity index (χ2v) is 4.17. The Kier molecular flexibility index (Phi) is 3.45. The fourth-order valence-corrected chi connectivity index (χ4v) is 1.97. The molecule has 0 saturated heterocycles. The number of halogens is 1. The molecule has 0 radical (unpaired) electrons. The summed E-state index contributed by atoms with van der Waals surface area (Å²) in [6.07, 6.45) is 0. The minimum Gasteiger partial charge on any atom is -0.383 e. The van der Waals surface area contributed by atoms with Crippen LogP contribution in [0.4, 0.5) is 5.69 Å². The van der Waals surface area contributed by atoms with Crippen LogP contribution in [-0.2, 0) is 0 Å². The molecule has 0 saturated carbocycles. The third-order valence-electron chi connectivity index (χ3n) is 2.48. The van der Waals surface area contributed by atoms with Crippen molar-refractivity contribution in [2.45, 2.75) is 6.92 Å². The number of amidine groups is 1. The van der Waals surface area contributed by atoms with Crippen LogP contribution in [0.2, 0.25) is 5.02 Å². The van der Waals surface area contributed by atoms with Gasteiger partial charge in [0.15, 0.2) is 0 Å². The molecule has 17 heavy (non-hydrogen) atoms. The number of nitrogens with two attached hydrogens (primary N) is 1. The molecule has 0 aliphatic heterocycles. The van der Waals surface area contributed by atoms with E-state index in [0.29, 0.717) is 10.9 Å². The number of para-hydroxylation sites is 1. The van der Waals surface area contributed by atoms with Crippen molar-refractivity contribution in [2.24, 2.45) is 10.7 Å². The molecule has 2 aromatic carbocycles. The normalized spacial score (nSPS) is 11.5. The first kappa shape index (κ1) is 11.7. The van der Waals surface area contributed by atoms with Crippen LogP contribution in [0.3, 0.4) is 0 Å². The SMILES string of the molecule is Cc1cccc(Cl)c1C(N)=Nc1ccccc1. The number of aliphatic imine (C=N–C) groups is 1. The molecule has 0 aromatic heterocycles. The molecule has 0 heterocycles. The zero-order valence-electron chi connectivity index (χ0n) is 9.52. The first-order valence-electron chi connectivity index (χ1n) is 5.33. The summed E-state index contributed by atoms with van der Waals surface area (Å²) in [4.78, 5) is 4.36. The van der Waals surface area contributed by atoms with Gasteiger partial charge in [0.2, 0.25) is 0 Å². The summed E-state index contributed by atoms with van der Waals surface area (Å²) in [5.74, 6) is 0.444. The first-order valence-corrected chi connectivity index (χ1v) is 5.71. The van der Waals surface area contributed by atoms with Crippen molar-refractivity contribution in [3.8, 4) is 0 Å². The van der Waals surface area contributed by atoms with Gasteiger partial charge in [0.25, 0.3) is 0 Å². The Morgan fingerprint density at radius 3 is 2.41 bits per heavy atom. The summed E-state index contributed by atoms with van der Waals surface area (Å²) in [6.45, 7) is 1.97. The van der Waals surface area contributed by atoms with Crippen molar-refractivity contribution in [3.05, 3.63) is 64.7 Å². The highest BCUT2D eigenvalue weighted by Crippen LogP contribution is 2.21. The van der Waals surface area contributed by atoms with E-state index in [-0.39, 0.29) is 0 Å². The molecule has 0 amide bonds. The summed E-state index contributed by atoms with van der Waals surface area (Å²) in [7, 11) is 0. The van der Waals surface area contributed by atoms with Crippen LogP contribution in [-0.4, -0.2) is 5.84 Å². The van der Waals surface area contributed by atoms with Gasteiger partial charge in [0.1, 0.15) is 5.84 Å². The Morgan fingerprint density at radius 2 is 1.76 bits per heavy atom. The maximum absolute atomic E-state index is 6.13. The molecule has 2 rings (SSSR count). The molecule has 0 aliphatic carbocycles. The molecule has 0 fully saturated rings. The molecule has 2 N–H and O–H groups in total. The molecule has 86 valence electrons. The average molecular weight is 245 g/mol. The monoisotopic (exact) mass is 244 g/mol. The second-order valence-electron chi connectivity index (χ2n) is 3.76. The summed E-state index contributed by atoms with van der Waals surface area (Å²) >= 11 is 6.13. The zero-order valence-corrected chi connectivity index (χ0v) is 10.3. The van der Waals surface area contributed by atoms with Crippen molar-refractivity contribution >= 4 is 23.1 Å². The second kappa shape index (κ2) is 5.02. The molecule has 0 spiro atoms. The molecule has 0 bridgehead atoms. The molecule has 0 aliphatic rings. The van der Waals surface area contributed by atoms with Crippen LogP contribution < -0.4 is 5.73 Å². The summed E-state index contributed by atoms with van der Waals surface area (Å²) in [5, 5.41) is 0.627. The third kappa shape index (κ3) is 2.66. The highest BCUT2D eigenvalue weighted by molar-refractivity contribution is 6.34. The van der Waals surface area contributed by atoms with E-state index in [4.69, 9.17) is 17.3 Å². The minimum absolute atomic E-state index is 0.444. The molecular weight excluding hydrogens is 232 g/mol. The van der Waals surface area contributed by atoms with Crippen LogP contribution in [0, 0.1) is 6.92 Å². The third-order valence-corrected chi connectivity index (χ3v) is 2.80. The van der Waals surface area contributed by atoms with Gasteiger partial charge in [-0.05, 0) is 30.7 Å². The van der Waals surface area contributed by atoms with Gasteiger partial charge in [-0.3, -0.25) is 0 Å². The lowest BCUT2D eigenvalue weighted by molar-refractivity contribution is 1.39. The van der Waals surface area contributed by atoms with Crippen molar-refractivity contribution in [3.63, 3.8) is 0 Å². The van der Waals surface area contributed by atoms with E-state index in [0.717, 1.165) is 16.8 Å². The van der Waals surface area contributed by atoms with E-state index in [9.17, 15) is 0 Å². The van der Waals surface area contributed by atoms with E-state index in [1.807, 2.05) is 55.5 Å². The predicted molar refractivity (Wildman–Crippen MR) is 73.0 cm³/mol. The van der Waals surface area contributed by atoms with Crippen LogP contribution in [0.5, 0.6) is 0 Å². The number of hydrogen-bond donors (Lipinski definition) is 1. The van der Waals surface area contributed by atoms with Gasteiger partial charge in [0.05, 0.1) is 10.7 Å². The Labute approximate surface area is 106 Å². The van der Waals surface area contributed by atoms with Crippen LogP contribution >= 0.6 is 11.6 Å². The van der Waals surface area contributed by atoms with Crippen LogP contribution in [0.1, 0.15) is 11.1 Å². The van der Waals surface area contributed by atoms with Gasteiger partial charge in [-0.1, -0.05) is 41.9 Å². The highest BCUT2D eigenvalue weighted by atomic mass is 35.5. The summed E-state index contributed by atoms with van der Waals surface area (Å²) in [6, 6.07) is 15.3. The Hall–Kier alpha value is -1.80. The quantitative estimate of drug-likeness (QED) is 0.635. The highest BCUT2D eigenvalue weighted by Gasteiger charge is 2.07. The zero-order chi connectivity index (χ0) is 12.3. The lowest BCUT2D eigenvalue weighted by atomic mass is 10.1. The average Bonchev–Trinajstić information content (AvgIpc) is 2.30. The predicted octanol–water partition coefficient (Wildman–Crippen LogP) is 3.69.